The molecular weight excluding hydrogens is 504 g/mol. The van der Waals surface area contributed by atoms with Crippen LogP contribution in [0.4, 0.5) is 10.6 Å². The van der Waals surface area contributed by atoms with Crippen molar-refractivity contribution >= 4 is 23.8 Å². The molecule has 1 atom stereocenters. The van der Waals surface area contributed by atoms with Gasteiger partial charge in [0, 0.05) is 38.0 Å². The fraction of sp³-hybridized carbons (Fsp3) is 0.714. The molecule has 2 aliphatic heterocycles. The first kappa shape index (κ1) is 29.1. The lowest BCUT2D eigenvalue weighted by Gasteiger charge is -2.48. The van der Waals surface area contributed by atoms with Crippen molar-refractivity contribution < 1.29 is 34.2 Å². The zero-order chi connectivity index (χ0) is 28.4. The smallest absolute Gasteiger partial charge is 0.410 e. The highest BCUT2D eigenvalue weighted by atomic mass is 16.7. The van der Waals surface area contributed by atoms with Crippen molar-refractivity contribution in [1.29, 1.82) is 0 Å². The molecule has 3 heterocycles. The zero-order valence-corrected chi connectivity index (χ0v) is 23.4. The number of aliphatic carboxylic acids is 1. The summed E-state index contributed by atoms with van der Waals surface area (Å²) in [6.45, 7) is 7.87. The minimum absolute atomic E-state index is 0.0590. The minimum atomic E-state index is -1.15. The maximum atomic E-state index is 13.2. The summed E-state index contributed by atoms with van der Waals surface area (Å²) < 4.78 is 5.37. The van der Waals surface area contributed by atoms with Gasteiger partial charge in [0.05, 0.1) is 0 Å². The van der Waals surface area contributed by atoms with E-state index in [1.807, 2.05) is 0 Å². The second-order valence-corrected chi connectivity index (χ2v) is 12.4. The topological polar surface area (TPSA) is 142 Å². The lowest BCUT2D eigenvalue weighted by atomic mass is 9.76. The van der Waals surface area contributed by atoms with Crippen LogP contribution in [-0.2, 0) is 32.0 Å². The molecule has 0 bridgehead atoms. The average Bonchev–Trinajstić information content (AvgIpc) is 2.82. The number of nitrogens with one attached hydrogen (secondary N) is 1. The second-order valence-electron chi connectivity index (χ2n) is 12.4. The van der Waals surface area contributed by atoms with E-state index in [1.54, 1.807) is 27.7 Å². The maximum absolute atomic E-state index is 13.2. The number of carboxylic acids is 1. The number of ether oxygens (including phenoxy) is 1. The molecule has 0 radical (unpaired) electrons. The predicted molar refractivity (Wildman–Crippen MR) is 143 cm³/mol. The number of pyridine rings is 1. The molecule has 216 valence electrons. The largest absolute Gasteiger partial charge is 0.480 e. The predicted octanol–water partition coefficient (Wildman–Crippen LogP) is 3.00. The van der Waals surface area contributed by atoms with E-state index in [1.165, 1.54) is 15.5 Å². The van der Waals surface area contributed by atoms with Gasteiger partial charge >= 0.3 is 18.0 Å². The van der Waals surface area contributed by atoms with Crippen LogP contribution in [0.5, 0.6) is 0 Å². The van der Waals surface area contributed by atoms with E-state index < -0.39 is 35.1 Å². The van der Waals surface area contributed by atoms with Crippen LogP contribution in [0.1, 0.15) is 71.1 Å². The summed E-state index contributed by atoms with van der Waals surface area (Å²) in [5.74, 6) is -0.403. The Kier molecular flexibility index (Phi) is 8.70. The molecule has 0 unspecified atom stereocenters. The van der Waals surface area contributed by atoms with Gasteiger partial charge in [0.15, 0.2) is 0 Å². The molecule has 1 aromatic rings. The van der Waals surface area contributed by atoms with Gasteiger partial charge in [-0.25, -0.2) is 14.6 Å². The number of aliphatic hydroxyl groups excluding tert-OH is 1. The summed E-state index contributed by atoms with van der Waals surface area (Å²) in [7, 11) is 0. The van der Waals surface area contributed by atoms with Crippen LogP contribution in [0, 0.1) is 11.3 Å². The molecule has 3 aliphatic rings. The molecule has 1 aliphatic carbocycles. The number of likely N-dealkylation sites (tertiary alicyclic amines) is 1. The number of fused-ring (bicyclic) bond motifs is 1. The Hall–Kier alpha value is -2.92. The monoisotopic (exact) mass is 546 g/mol. The van der Waals surface area contributed by atoms with E-state index in [2.05, 4.69) is 17.4 Å². The first-order valence-electron chi connectivity index (χ1n) is 13.9. The summed E-state index contributed by atoms with van der Waals surface area (Å²) >= 11 is 0. The van der Waals surface area contributed by atoms with Crippen LogP contribution in [0.2, 0.25) is 0 Å². The van der Waals surface area contributed by atoms with E-state index in [9.17, 15) is 24.6 Å². The van der Waals surface area contributed by atoms with Gasteiger partial charge in [-0.05, 0) is 90.2 Å². The van der Waals surface area contributed by atoms with Gasteiger partial charge in [0.25, 0.3) is 0 Å². The van der Waals surface area contributed by atoms with Crippen LogP contribution in [0.15, 0.2) is 12.1 Å². The molecular formula is C28H42N4O7. The van der Waals surface area contributed by atoms with Crippen LogP contribution in [0.25, 0.3) is 0 Å². The molecule has 2 fully saturated rings. The van der Waals surface area contributed by atoms with E-state index in [4.69, 9.17) is 14.6 Å². The number of nitrogens with zero attached hydrogens (tertiary/aromatic N) is 3. The van der Waals surface area contributed by atoms with E-state index in [0.29, 0.717) is 18.8 Å². The van der Waals surface area contributed by atoms with Crippen molar-refractivity contribution in [3.63, 3.8) is 0 Å². The highest BCUT2D eigenvalue weighted by molar-refractivity contribution is 5.82. The summed E-state index contributed by atoms with van der Waals surface area (Å²) in [4.78, 5) is 49.5. The van der Waals surface area contributed by atoms with Crippen LogP contribution in [0.3, 0.4) is 0 Å². The maximum Gasteiger partial charge on any atom is 0.410 e. The van der Waals surface area contributed by atoms with Crippen molar-refractivity contribution in [3.8, 4) is 0 Å². The number of anilines is 1. The molecule has 1 amide bonds. The molecule has 39 heavy (non-hydrogen) atoms. The van der Waals surface area contributed by atoms with E-state index >= 15 is 0 Å². The number of carbonyl (C=O) groups excluding carboxylic acids is 2. The number of amides is 1. The molecule has 1 saturated heterocycles. The SMILES string of the molecule is CC(C)(C)OC(=O)N1CC(C)(C(=O)ON(C2CC(CCc3ccc4c(n3)NCCC4)C2)[C@@H](CCO)C(=O)O)C1. The molecule has 1 saturated carbocycles. The summed E-state index contributed by atoms with van der Waals surface area (Å²) in [5, 5.41) is 24.0. The Morgan fingerprint density at radius 1 is 1.26 bits per heavy atom. The first-order valence-corrected chi connectivity index (χ1v) is 13.9. The van der Waals surface area contributed by atoms with Gasteiger partial charge in [-0.15, -0.1) is 5.06 Å². The molecule has 11 nitrogen and oxygen atoms in total. The third-order valence-corrected chi connectivity index (χ3v) is 7.74. The van der Waals surface area contributed by atoms with Crippen molar-refractivity contribution in [2.75, 3.05) is 31.6 Å². The molecule has 3 N–H and O–H groups in total. The normalized spacial score (nSPS) is 22.6. The summed E-state index contributed by atoms with van der Waals surface area (Å²) in [6, 6.07) is 2.82. The number of carboxylic acid groups (broad SMARTS) is 1. The Balaban J connectivity index is 1.33. The van der Waals surface area contributed by atoms with Crippen molar-refractivity contribution in [2.24, 2.45) is 11.3 Å². The van der Waals surface area contributed by atoms with Crippen molar-refractivity contribution in [2.45, 2.75) is 90.3 Å². The fourth-order valence-electron chi connectivity index (χ4n) is 5.47. The van der Waals surface area contributed by atoms with Crippen LogP contribution >= 0.6 is 0 Å². The standard InChI is InChI=1S/C28H42N4O7/c1-27(2,3)38-26(37)31-16-28(4,17-31)25(36)39-32(22(11-13-33)24(34)35)21-14-18(15-21)7-9-20-10-8-19-6-5-12-29-23(19)30-20/h8,10,18,21-22,33H,5-7,9,11-17H2,1-4H3,(H,29,30)(H,34,35)/t18?,21?,22-/m0/s1. The lowest BCUT2D eigenvalue weighted by molar-refractivity contribution is -0.246. The highest BCUT2D eigenvalue weighted by Crippen LogP contribution is 2.39. The molecule has 11 heteroatoms. The molecule has 4 rings (SSSR count). The number of hydrogen-bond donors (Lipinski definition) is 3. The summed E-state index contributed by atoms with van der Waals surface area (Å²) in [6.07, 6.45) is 4.71. The second kappa shape index (κ2) is 11.7. The zero-order valence-electron chi connectivity index (χ0n) is 23.4. The number of rotatable bonds is 10. The van der Waals surface area contributed by atoms with Crippen molar-refractivity contribution in [3.05, 3.63) is 23.4 Å². The van der Waals surface area contributed by atoms with Gasteiger partial charge in [-0.1, -0.05) is 6.07 Å². The minimum Gasteiger partial charge on any atom is -0.480 e. The fourth-order valence-corrected chi connectivity index (χ4v) is 5.47. The number of hydroxylamine groups is 2. The Bertz CT molecular complexity index is 1060. The third-order valence-electron chi connectivity index (χ3n) is 7.74. The van der Waals surface area contributed by atoms with Gasteiger partial charge in [0.2, 0.25) is 0 Å². The Morgan fingerprint density at radius 2 is 1.97 bits per heavy atom. The van der Waals surface area contributed by atoms with Gasteiger partial charge in [0.1, 0.15) is 22.9 Å². The van der Waals surface area contributed by atoms with Crippen LogP contribution < -0.4 is 5.32 Å². The first-order chi connectivity index (χ1) is 18.4. The molecule has 0 spiro atoms. The van der Waals surface area contributed by atoms with Gasteiger partial charge in [-0.2, -0.15) is 0 Å². The third kappa shape index (κ3) is 7.00. The highest BCUT2D eigenvalue weighted by Gasteiger charge is 2.52. The number of hydrogen-bond acceptors (Lipinski definition) is 9. The lowest BCUT2D eigenvalue weighted by Crippen LogP contribution is -2.63. The summed E-state index contributed by atoms with van der Waals surface area (Å²) in [5.41, 5.74) is 0.676. The number of aromatic nitrogens is 1. The van der Waals surface area contributed by atoms with E-state index in [0.717, 1.165) is 43.7 Å². The van der Waals surface area contributed by atoms with Crippen LogP contribution in [-0.4, -0.2) is 87.1 Å². The van der Waals surface area contributed by atoms with E-state index in [-0.39, 0.29) is 32.2 Å². The van der Waals surface area contributed by atoms with Crippen molar-refractivity contribution in [1.82, 2.24) is 14.9 Å². The number of carbonyl (C=O) groups is 3. The Morgan fingerprint density at radius 3 is 2.62 bits per heavy atom. The number of aryl methyl sites for hydroxylation is 2. The number of aliphatic hydroxyl groups is 1. The van der Waals surface area contributed by atoms with Gasteiger partial charge in [-0.3, -0.25) is 4.79 Å². The molecule has 0 aromatic carbocycles. The molecule has 1 aromatic heterocycles. The van der Waals surface area contributed by atoms with Gasteiger partial charge < -0.3 is 30.0 Å². The average molecular weight is 547 g/mol. The Labute approximate surface area is 229 Å². The quantitative estimate of drug-likeness (QED) is 0.375.